The number of carbonyl (C=O) groups is 1. The molecule has 1 aromatic heterocycles. The number of nitrogens with zero attached hydrogens (tertiary/aromatic N) is 1. The number of carbonyl (C=O) groups excluding carboxylic acids is 1. The highest BCUT2D eigenvalue weighted by Crippen LogP contribution is 2.21. The van der Waals surface area contributed by atoms with E-state index in [2.05, 4.69) is 9.97 Å². The van der Waals surface area contributed by atoms with E-state index in [0.29, 0.717) is 6.42 Å². The molecule has 27 heavy (non-hydrogen) atoms. The molecule has 1 heterocycles. The van der Waals surface area contributed by atoms with Crippen LogP contribution in [0.3, 0.4) is 0 Å². The fraction of sp³-hybridized carbons (Fsp3) is 0.100. The van der Waals surface area contributed by atoms with E-state index in [1.54, 1.807) is 18.7 Å². The fourth-order valence-electron chi connectivity index (χ4n) is 2.52. The van der Waals surface area contributed by atoms with Crippen LogP contribution in [0, 0.1) is 0 Å². The van der Waals surface area contributed by atoms with Crippen molar-refractivity contribution in [2.24, 2.45) is 0 Å². The van der Waals surface area contributed by atoms with Crippen LogP contribution >= 0.6 is 12.4 Å². The number of imidazole rings is 1. The van der Waals surface area contributed by atoms with Crippen molar-refractivity contribution in [3.05, 3.63) is 77.8 Å². The van der Waals surface area contributed by atoms with Gasteiger partial charge in [-0.25, -0.2) is 10.5 Å². The van der Waals surface area contributed by atoms with Crippen molar-refractivity contribution in [1.29, 1.82) is 0 Å². The van der Waals surface area contributed by atoms with Crippen molar-refractivity contribution in [3.8, 4) is 17.0 Å². The molecule has 3 aromatic rings. The lowest BCUT2D eigenvalue weighted by Crippen LogP contribution is -2.14. The van der Waals surface area contributed by atoms with E-state index >= 15 is 0 Å². The largest absolute Gasteiger partial charge is 0.497 e. The minimum Gasteiger partial charge on any atom is -0.497 e. The number of ether oxygens (including phenoxy) is 1. The van der Waals surface area contributed by atoms with Crippen LogP contribution in [0.2, 0.25) is 0 Å². The molecule has 0 saturated carbocycles. The number of H-pyrrole nitrogens is 1. The number of amides is 1. The Labute approximate surface area is 163 Å². The minimum absolute atomic E-state index is 0. The Hall–Kier alpha value is -3.09. The second-order valence-corrected chi connectivity index (χ2v) is 5.70. The molecule has 0 aliphatic rings. The Bertz CT molecular complexity index is 903. The van der Waals surface area contributed by atoms with Crippen LogP contribution in [0.4, 0.5) is 0 Å². The lowest BCUT2D eigenvalue weighted by Gasteiger charge is -2.02. The normalized spacial score (nSPS) is 10.4. The van der Waals surface area contributed by atoms with E-state index in [1.165, 1.54) is 6.08 Å². The number of hydroxylamine groups is 1. The molecule has 1 amide bonds. The van der Waals surface area contributed by atoms with E-state index in [-0.39, 0.29) is 12.4 Å². The molecule has 0 spiro atoms. The van der Waals surface area contributed by atoms with Crippen molar-refractivity contribution in [1.82, 2.24) is 15.4 Å². The Balaban J connectivity index is 0.00000261. The SMILES string of the molecule is COc1ccc(-c2cnc(Cc3ccc(/C=C/C(=O)NO)cc3)[nH]2)cc1.Cl. The van der Waals surface area contributed by atoms with E-state index in [4.69, 9.17) is 9.94 Å². The second kappa shape index (κ2) is 9.56. The van der Waals surface area contributed by atoms with Crippen molar-refractivity contribution in [3.63, 3.8) is 0 Å². The maximum Gasteiger partial charge on any atom is 0.267 e. The molecule has 140 valence electrons. The molecule has 0 saturated heterocycles. The number of rotatable bonds is 6. The van der Waals surface area contributed by atoms with Crippen molar-refractivity contribution >= 4 is 24.4 Å². The van der Waals surface area contributed by atoms with Crippen LogP contribution in [-0.2, 0) is 11.2 Å². The third-order valence-electron chi connectivity index (χ3n) is 3.92. The zero-order valence-corrected chi connectivity index (χ0v) is 15.5. The number of aromatic amines is 1. The van der Waals surface area contributed by atoms with Crippen LogP contribution in [0.25, 0.3) is 17.3 Å². The summed E-state index contributed by atoms with van der Waals surface area (Å²) in [6.45, 7) is 0. The zero-order valence-electron chi connectivity index (χ0n) is 14.7. The molecule has 0 radical (unpaired) electrons. The number of methoxy groups -OCH3 is 1. The number of halogens is 1. The van der Waals surface area contributed by atoms with Crippen molar-refractivity contribution in [2.75, 3.05) is 7.11 Å². The second-order valence-electron chi connectivity index (χ2n) is 5.70. The van der Waals surface area contributed by atoms with Gasteiger partial charge in [-0.05, 0) is 47.0 Å². The summed E-state index contributed by atoms with van der Waals surface area (Å²) >= 11 is 0. The molecule has 0 atom stereocenters. The van der Waals surface area contributed by atoms with Gasteiger partial charge in [0.15, 0.2) is 0 Å². The molecule has 6 nitrogen and oxygen atoms in total. The maximum atomic E-state index is 11.0. The van der Waals surface area contributed by atoms with Gasteiger partial charge in [-0.15, -0.1) is 12.4 Å². The minimum atomic E-state index is -0.560. The molecule has 3 N–H and O–H groups in total. The lowest BCUT2D eigenvalue weighted by atomic mass is 10.1. The number of hydrogen-bond donors (Lipinski definition) is 3. The van der Waals surface area contributed by atoms with Gasteiger partial charge in [-0.1, -0.05) is 24.3 Å². The van der Waals surface area contributed by atoms with Crippen LogP contribution in [0.1, 0.15) is 17.0 Å². The Morgan fingerprint density at radius 2 is 1.89 bits per heavy atom. The summed E-state index contributed by atoms with van der Waals surface area (Å²) < 4.78 is 5.17. The van der Waals surface area contributed by atoms with E-state index in [9.17, 15) is 4.79 Å². The van der Waals surface area contributed by atoms with Gasteiger partial charge in [-0.3, -0.25) is 10.0 Å². The molecule has 0 unspecified atom stereocenters. The molecule has 0 aliphatic carbocycles. The predicted molar refractivity (Wildman–Crippen MR) is 106 cm³/mol. The molecule has 0 fully saturated rings. The summed E-state index contributed by atoms with van der Waals surface area (Å²) in [6.07, 6.45) is 5.39. The molecule has 7 heteroatoms. The summed E-state index contributed by atoms with van der Waals surface area (Å²) in [6, 6.07) is 15.6. The Morgan fingerprint density at radius 1 is 1.19 bits per heavy atom. The van der Waals surface area contributed by atoms with Crippen LogP contribution in [-0.4, -0.2) is 28.2 Å². The van der Waals surface area contributed by atoms with Crippen LogP contribution in [0.15, 0.2) is 60.8 Å². The van der Waals surface area contributed by atoms with Crippen LogP contribution in [0.5, 0.6) is 5.75 Å². The monoisotopic (exact) mass is 385 g/mol. The quantitative estimate of drug-likeness (QED) is 0.343. The van der Waals surface area contributed by atoms with Crippen molar-refractivity contribution < 1.29 is 14.7 Å². The third kappa shape index (κ3) is 5.44. The highest BCUT2D eigenvalue weighted by Gasteiger charge is 2.05. The molecule has 0 bridgehead atoms. The van der Waals surface area contributed by atoms with Gasteiger partial charge >= 0.3 is 0 Å². The number of aromatic nitrogens is 2. The van der Waals surface area contributed by atoms with Gasteiger partial charge < -0.3 is 9.72 Å². The predicted octanol–water partition coefficient (Wildman–Crippen LogP) is 3.62. The van der Waals surface area contributed by atoms with Gasteiger partial charge in [0.1, 0.15) is 11.6 Å². The number of nitrogens with one attached hydrogen (secondary N) is 2. The third-order valence-corrected chi connectivity index (χ3v) is 3.92. The summed E-state index contributed by atoms with van der Waals surface area (Å²) in [4.78, 5) is 18.8. The highest BCUT2D eigenvalue weighted by molar-refractivity contribution is 5.90. The lowest BCUT2D eigenvalue weighted by molar-refractivity contribution is -0.124. The van der Waals surface area contributed by atoms with Gasteiger partial charge in [-0.2, -0.15) is 0 Å². The van der Waals surface area contributed by atoms with E-state index < -0.39 is 5.91 Å². The summed E-state index contributed by atoms with van der Waals surface area (Å²) in [7, 11) is 1.64. The highest BCUT2D eigenvalue weighted by atomic mass is 35.5. The average Bonchev–Trinajstić information content (AvgIpc) is 3.15. The summed E-state index contributed by atoms with van der Waals surface area (Å²) in [5.41, 5.74) is 5.53. The molecule has 3 rings (SSSR count). The van der Waals surface area contributed by atoms with Gasteiger partial charge in [0.25, 0.3) is 5.91 Å². The molecule has 0 aliphatic heterocycles. The molecular formula is C20H20ClN3O3. The van der Waals surface area contributed by atoms with E-state index in [1.807, 2.05) is 54.7 Å². The molecule has 2 aromatic carbocycles. The first-order chi connectivity index (χ1) is 12.7. The summed E-state index contributed by atoms with van der Waals surface area (Å²) in [5, 5.41) is 8.46. The van der Waals surface area contributed by atoms with Gasteiger partial charge in [0, 0.05) is 12.5 Å². The first-order valence-corrected chi connectivity index (χ1v) is 8.07. The van der Waals surface area contributed by atoms with Crippen molar-refractivity contribution in [2.45, 2.75) is 6.42 Å². The first kappa shape index (κ1) is 20.2. The molecular weight excluding hydrogens is 366 g/mol. The first-order valence-electron chi connectivity index (χ1n) is 8.07. The smallest absolute Gasteiger partial charge is 0.267 e. The topological polar surface area (TPSA) is 87.2 Å². The fourth-order valence-corrected chi connectivity index (χ4v) is 2.52. The number of benzene rings is 2. The van der Waals surface area contributed by atoms with Crippen LogP contribution < -0.4 is 10.2 Å². The Morgan fingerprint density at radius 3 is 2.52 bits per heavy atom. The van der Waals surface area contributed by atoms with E-state index in [0.717, 1.165) is 34.0 Å². The van der Waals surface area contributed by atoms with Gasteiger partial charge in [0.05, 0.1) is 19.0 Å². The maximum absolute atomic E-state index is 11.0. The van der Waals surface area contributed by atoms with Gasteiger partial charge in [0.2, 0.25) is 0 Å². The number of hydrogen-bond acceptors (Lipinski definition) is 4. The average molecular weight is 386 g/mol. The standard InChI is InChI=1S/C20H19N3O3.ClH/c1-26-17-9-7-16(8-10-17)18-13-21-19(22-18)12-15-4-2-14(3-5-15)6-11-20(24)23-25;/h2-11,13,25H,12H2,1H3,(H,21,22)(H,23,24);1H/b11-6+;. The zero-order chi connectivity index (χ0) is 18.4. The Kier molecular flexibility index (Phi) is 7.16. The summed E-state index contributed by atoms with van der Waals surface area (Å²) in [5.74, 6) is 1.13.